The molecule has 1 aliphatic rings. The Hall–Kier alpha value is -2.96. The SMILES string of the molecule is Cc1nc2ccc(CC(=O)N3CCN(c4ncccn4)CC3)cc2o1. The van der Waals surface area contributed by atoms with Gasteiger partial charge in [-0.3, -0.25) is 4.79 Å². The zero-order chi connectivity index (χ0) is 17.2. The van der Waals surface area contributed by atoms with Gasteiger partial charge in [-0.2, -0.15) is 0 Å². The van der Waals surface area contributed by atoms with Crippen LogP contribution in [0, 0.1) is 6.92 Å². The van der Waals surface area contributed by atoms with Crippen LogP contribution in [0.15, 0.2) is 41.1 Å². The monoisotopic (exact) mass is 337 g/mol. The second-order valence-corrected chi connectivity index (χ2v) is 6.13. The normalized spacial score (nSPS) is 14.9. The Balaban J connectivity index is 1.38. The molecule has 25 heavy (non-hydrogen) atoms. The number of nitrogens with zero attached hydrogens (tertiary/aromatic N) is 5. The van der Waals surface area contributed by atoms with Gasteiger partial charge in [-0.1, -0.05) is 6.07 Å². The lowest BCUT2D eigenvalue weighted by Gasteiger charge is -2.34. The van der Waals surface area contributed by atoms with Crippen LogP contribution in [0.1, 0.15) is 11.5 Å². The number of aromatic nitrogens is 3. The van der Waals surface area contributed by atoms with Crippen molar-refractivity contribution in [2.45, 2.75) is 13.3 Å². The van der Waals surface area contributed by atoms with Gasteiger partial charge in [0.05, 0.1) is 6.42 Å². The van der Waals surface area contributed by atoms with Gasteiger partial charge in [0.2, 0.25) is 11.9 Å². The molecule has 0 radical (unpaired) electrons. The minimum absolute atomic E-state index is 0.129. The largest absolute Gasteiger partial charge is 0.441 e. The number of fused-ring (bicyclic) bond motifs is 1. The molecular weight excluding hydrogens is 318 g/mol. The number of rotatable bonds is 3. The molecule has 7 heteroatoms. The number of hydrogen-bond acceptors (Lipinski definition) is 6. The summed E-state index contributed by atoms with van der Waals surface area (Å²) in [5.41, 5.74) is 2.50. The number of piperazine rings is 1. The molecule has 0 unspecified atom stereocenters. The van der Waals surface area contributed by atoms with Crippen LogP contribution in [0.4, 0.5) is 5.95 Å². The van der Waals surface area contributed by atoms with E-state index < -0.39 is 0 Å². The van der Waals surface area contributed by atoms with Gasteiger partial charge >= 0.3 is 0 Å². The molecule has 1 amide bonds. The van der Waals surface area contributed by atoms with Gasteiger partial charge in [0.1, 0.15) is 5.52 Å². The Bertz CT molecular complexity index is 885. The second kappa shape index (κ2) is 6.51. The molecule has 0 bridgehead atoms. The number of benzene rings is 1. The number of carbonyl (C=O) groups is 1. The summed E-state index contributed by atoms with van der Waals surface area (Å²) >= 11 is 0. The first-order valence-corrected chi connectivity index (χ1v) is 8.35. The van der Waals surface area contributed by atoms with Crippen LogP contribution >= 0.6 is 0 Å². The summed E-state index contributed by atoms with van der Waals surface area (Å²) in [7, 11) is 0. The highest BCUT2D eigenvalue weighted by Crippen LogP contribution is 2.18. The number of carbonyl (C=O) groups excluding carboxylic acids is 1. The molecule has 3 aromatic rings. The molecule has 0 saturated carbocycles. The van der Waals surface area contributed by atoms with Gasteiger partial charge in [-0.25, -0.2) is 15.0 Å². The fourth-order valence-corrected chi connectivity index (χ4v) is 3.09. The first-order chi connectivity index (χ1) is 12.2. The van der Waals surface area contributed by atoms with Gasteiger partial charge in [-0.05, 0) is 23.8 Å². The molecule has 0 aliphatic carbocycles. The van der Waals surface area contributed by atoms with Crippen LogP contribution in [0.2, 0.25) is 0 Å². The van der Waals surface area contributed by atoms with E-state index in [1.165, 1.54) is 0 Å². The van der Waals surface area contributed by atoms with Crippen molar-refractivity contribution in [1.82, 2.24) is 19.9 Å². The molecule has 3 heterocycles. The summed E-state index contributed by atoms with van der Waals surface area (Å²) in [4.78, 5) is 29.4. The van der Waals surface area contributed by atoms with Crippen molar-refractivity contribution < 1.29 is 9.21 Å². The third-order valence-electron chi connectivity index (χ3n) is 4.38. The second-order valence-electron chi connectivity index (χ2n) is 6.13. The van der Waals surface area contributed by atoms with Crippen LogP contribution in [0.25, 0.3) is 11.1 Å². The highest BCUT2D eigenvalue weighted by Gasteiger charge is 2.22. The first kappa shape index (κ1) is 15.6. The summed E-state index contributed by atoms with van der Waals surface area (Å²) in [6, 6.07) is 7.55. The quantitative estimate of drug-likeness (QED) is 0.726. The number of amides is 1. The van der Waals surface area contributed by atoms with Crippen molar-refractivity contribution in [1.29, 1.82) is 0 Å². The van der Waals surface area contributed by atoms with E-state index in [9.17, 15) is 4.79 Å². The minimum atomic E-state index is 0.129. The Kier molecular flexibility index (Phi) is 4.05. The summed E-state index contributed by atoms with van der Waals surface area (Å²) in [5.74, 6) is 1.49. The fraction of sp³-hybridized carbons (Fsp3) is 0.333. The molecule has 128 valence electrons. The Morgan fingerprint density at radius 3 is 2.68 bits per heavy atom. The zero-order valence-corrected chi connectivity index (χ0v) is 14.1. The van der Waals surface area contributed by atoms with Crippen molar-refractivity contribution in [3.05, 3.63) is 48.1 Å². The predicted octanol–water partition coefficient (Wildman–Crippen LogP) is 1.82. The van der Waals surface area contributed by atoms with Gasteiger partial charge in [0, 0.05) is 45.5 Å². The van der Waals surface area contributed by atoms with Crippen molar-refractivity contribution in [3.8, 4) is 0 Å². The molecule has 1 saturated heterocycles. The first-order valence-electron chi connectivity index (χ1n) is 8.35. The lowest BCUT2D eigenvalue weighted by atomic mass is 10.1. The van der Waals surface area contributed by atoms with Crippen molar-refractivity contribution in [2.24, 2.45) is 0 Å². The van der Waals surface area contributed by atoms with Crippen LogP contribution in [0.3, 0.4) is 0 Å². The van der Waals surface area contributed by atoms with Crippen molar-refractivity contribution >= 4 is 23.0 Å². The minimum Gasteiger partial charge on any atom is -0.441 e. The smallest absolute Gasteiger partial charge is 0.227 e. The summed E-state index contributed by atoms with van der Waals surface area (Å²) < 4.78 is 5.54. The van der Waals surface area contributed by atoms with Crippen LogP contribution in [-0.2, 0) is 11.2 Å². The number of aryl methyl sites for hydroxylation is 1. The lowest BCUT2D eigenvalue weighted by Crippen LogP contribution is -2.49. The maximum absolute atomic E-state index is 12.6. The van der Waals surface area contributed by atoms with E-state index in [4.69, 9.17) is 4.42 Å². The highest BCUT2D eigenvalue weighted by atomic mass is 16.3. The average molecular weight is 337 g/mol. The zero-order valence-electron chi connectivity index (χ0n) is 14.1. The van der Waals surface area contributed by atoms with Crippen molar-refractivity contribution in [3.63, 3.8) is 0 Å². The van der Waals surface area contributed by atoms with Gasteiger partial charge in [-0.15, -0.1) is 0 Å². The highest BCUT2D eigenvalue weighted by molar-refractivity contribution is 5.81. The number of hydrogen-bond donors (Lipinski definition) is 0. The van der Waals surface area contributed by atoms with E-state index in [-0.39, 0.29) is 5.91 Å². The predicted molar refractivity (Wildman–Crippen MR) is 93.3 cm³/mol. The molecule has 1 fully saturated rings. The Morgan fingerprint density at radius 1 is 1.16 bits per heavy atom. The van der Waals surface area contributed by atoms with E-state index in [1.807, 2.05) is 30.0 Å². The molecule has 2 aromatic heterocycles. The Morgan fingerprint density at radius 2 is 1.92 bits per heavy atom. The van der Waals surface area contributed by atoms with Crippen LogP contribution in [0.5, 0.6) is 0 Å². The van der Waals surface area contributed by atoms with E-state index >= 15 is 0 Å². The van der Waals surface area contributed by atoms with E-state index in [1.54, 1.807) is 18.5 Å². The molecule has 0 atom stereocenters. The van der Waals surface area contributed by atoms with Crippen LogP contribution in [-0.4, -0.2) is 51.9 Å². The number of anilines is 1. The van der Waals surface area contributed by atoms with Crippen molar-refractivity contribution in [2.75, 3.05) is 31.1 Å². The molecule has 4 rings (SSSR count). The summed E-state index contributed by atoms with van der Waals surface area (Å²) in [5, 5.41) is 0. The third-order valence-corrected chi connectivity index (χ3v) is 4.38. The standard InChI is InChI=1S/C18H19N5O2/c1-13-21-15-4-3-14(11-16(15)25-13)12-17(24)22-7-9-23(10-8-22)18-19-5-2-6-20-18/h2-6,11H,7-10,12H2,1H3. The van der Waals surface area contributed by atoms with E-state index in [0.29, 0.717) is 25.4 Å². The average Bonchev–Trinajstić information content (AvgIpc) is 3.02. The Labute approximate surface area is 145 Å². The van der Waals surface area contributed by atoms with E-state index in [0.717, 1.165) is 35.7 Å². The summed E-state index contributed by atoms with van der Waals surface area (Å²) in [6.45, 7) is 4.68. The molecule has 0 N–H and O–H groups in total. The number of oxazole rings is 1. The lowest BCUT2D eigenvalue weighted by molar-refractivity contribution is -0.130. The van der Waals surface area contributed by atoms with Crippen LogP contribution < -0.4 is 4.90 Å². The van der Waals surface area contributed by atoms with Gasteiger partial charge in [0.15, 0.2) is 11.5 Å². The molecule has 1 aromatic carbocycles. The van der Waals surface area contributed by atoms with Gasteiger partial charge in [0.25, 0.3) is 0 Å². The van der Waals surface area contributed by atoms with E-state index in [2.05, 4.69) is 19.9 Å². The molecule has 0 spiro atoms. The topological polar surface area (TPSA) is 75.4 Å². The fourth-order valence-electron chi connectivity index (χ4n) is 3.09. The molecule has 1 aliphatic heterocycles. The third kappa shape index (κ3) is 3.31. The maximum Gasteiger partial charge on any atom is 0.227 e. The van der Waals surface area contributed by atoms with Gasteiger partial charge < -0.3 is 14.2 Å². The summed E-state index contributed by atoms with van der Waals surface area (Å²) in [6.07, 6.45) is 3.85. The molecular formula is C18H19N5O2. The maximum atomic E-state index is 12.6. The molecule has 7 nitrogen and oxygen atoms in total.